The molecule has 5 heteroatoms. The summed E-state index contributed by atoms with van der Waals surface area (Å²) in [5.41, 5.74) is 0.0280. The van der Waals surface area contributed by atoms with Gasteiger partial charge in [-0.1, -0.05) is 0 Å². The van der Waals surface area contributed by atoms with Crippen LogP contribution in [0.5, 0.6) is 0 Å². The van der Waals surface area contributed by atoms with Crippen LogP contribution in [0, 0.1) is 5.82 Å². The molecular weight excluding hydrogens is 183 g/mol. The molecule has 1 aliphatic carbocycles. The van der Waals surface area contributed by atoms with Crippen molar-refractivity contribution >= 4 is 11.8 Å². The molecule has 14 heavy (non-hydrogen) atoms. The molecule has 76 valence electrons. The monoisotopic (exact) mass is 196 g/mol. The Morgan fingerprint density at radius 3 is 2.79 bits per heavy atom. The number of nitrogens with one attached hydrogen (secondary N) is 2. The number of rotatable bonds is 3. The molecule has 1 aromatic rings. The SMILES string of the molecule is CNc1ncc(F)c(NC2(C)CC2)n1. The molecule has 0 aliphatic heterocycles. The summed E-state index contributed by atoms with van der Waals surface area (Å²) in [6.45, 7) is 2.05. The third kappa shape index (κ3) is 1.76. The summed E-state index contributed by atoms with van der Waals surface area (Å²) < 4.78 is 13.2. The van der Waals surface area contributed by atoms with Gasteiger partial charge >= 0.3 is 0 Å². The molecule has 0 saturated heterocycles. The van der Waals surface area contributed by atoms with Gasteiger partial charge < -0.3 is 10.6 Å². The zero-order chi connectivity index (χ0) is 10.2. The van der Waals surface area contributed by atoms with E-state index in [4.69, 9.17) is 0 Å². The molecule has 1 fully saturated rings. The number of anilines is 2. The van der Waals surface area contributed by atoms with Gasteiger partial charge in [-0.3, -0.25) is 0 Å². The molecule has 1 aliphatic rings. The summed E-state index contributed by atoms with van der Waals surface area (Å²) in [5.74, 6) is 0.305. The van der Waals surface area contributed by atoms with Gasteiger partial charge in [0.05, 0.1) is 6.20 Å². The van der Waals surface area contributed by atoms with E-state index in [1.54, 1.807) is 7.05 Å². The molecule has 0 unspecified atom stereocenters. The van der Waals surface area contributed by atoms with E-state index in [9.17, 15) is 4.39 Å². The van der Waals surface area contributed by atoms with E-state index in [2.05, 4.69) is 20.6 Å². The second-order valence-corrected chi connectivity index (χ2v) is 3.83. The molecule has 2 N–H and O–H groups in total. The molecule has 0 atom stereocenters. The van der Waals surface area contributed by atoms with Crippen LogP contribution in [-0.4, -0.2) is 22.6 Å². The summed E-state index contributed by atoms with van der Waals surface area (Å²) in [6.07, 6.45) is 3.30. The third-order valence-corrected chi connectivity index (χ3v) is 2.39. The molecule has 0 amide bonds. The van der Waals surface area contributed by atoms with E-state index in [1.165, 1.54) is 6.20 Å². The van der Waals surface area contributed by atoms with E-state index in [0.717, 1.165) is 12.8 Å². The number of nitrogens with zero attached hydrogens (tertiary/aromatic N) is 2. The van der Waals surface area contributed by atoms with Crippen LogP contribution in [0.3, 0.4) is 0 Å². The first-order valence-corrected chi connectivity index (χ1v) is 4.61. The molecule has 0 aromatic carbocycles. The highest BCUT2D eigenvalue weighted by Gasteiger charge is 2.38. The number of hydrogen-bond acceptors (Lipinski definition) is 4. The van der Waals surface area contributed by atoms with E-state index < -0.39 is 5.82 Å². The van der Waals surface area contributed by atoms with Crippen LogP contribution in [0.4, 0.5) is 16.2 Å². The van der Waals surface area contributed by atoms with Crippen LogP contribution in [-0.2, 0) is 0 Å². The first kappa shape index (κ1) is 9.18. The second-order valence-electron chi connectivity index (χ2n) is 3.83. The van der Waals surface area contributed by atoms with Crippen LogP contribution in [0.15, 0.2) is 6.20 Å². The van der Waals surface area contributed by atoms with Crippen LogP contribution in [0.25, 0.3) is 0 Å². The van der Waals surface area contributed by atoms with E-state index in [1.807, 2.05) is 6.92 Å². The summed E-state index contributed by atoms with van der Waals surface area (Å²) in [5, 5.41) is 5.84. The Morgan fingerprint density at radius 1 is 1.50 bits per heavy atom. The fraction of sp³-hybridized carbons (Fsp3) is 0.556. The highest BCUT2D eigenvalue weighted by molar-refractivity contribution is 5.44. The topological polar surface area (TPSA) is 49.8 Å². The Balaban J connectivity index is 2.22. The predicted molar refractivity (Wildman–Crippen MR) is 52.8 cm³/mol. The average molecular weight is 196 g/mol. The molecule has 2 rings (SSSR count). The molecule has 0 radical (unpaired) electrons. The van der Waals surface area contributed by atoms with Gasteiger partial charge in [-0.2, -0.15) is 4.98 Å². The lowest BCUT2D eigenvalue weighted by molar-refractivity contribution is 0.612. The summed E-state index contributed by atoms with van der Waals surface area (Å²) >= 11 is 0. The lowest BCUT2D eigenvalue weighted by atomic mass is 10.3. The van der Waals surface area contributed by atoms with Crippen molar-refractivity contribution in [2.45, 2.75) is 25.3 Å². The highest BCUT2D eigenvalue weighted by Crippen LogP contribution is 2.38. The molecular formula is C9H13FN4. The van der Waals surface area contributed by atoms with Gasteiger partial charge in [-0.05, 0) is 19.8 Å². The lowest BCUT2D eigenvalue weighted by Gasteiger charge is -2.13. The predicted octanol–water partition coefficient (Wildman–Crippen LogP) is 1.62. The molecule has 0 spiro atoms. The maximum Gasteiger partial charge on any atom is 0.224 e. The highest BCUT2D eigenvalue weighted by atomic mass is 19.1. The van der Waals surface area contributed by atoms with E-state index in [-0.39, 0.29) is 11.4 Å². The largest absolute Gasteiger partial charge is 0.362 e. The Labute approximate surface area is 82.0 Å². The zero-order valence-electron chi connectivity index (χ0n) is 8.26. The minimum Gasteiger partial charge on any atom is -0.362 e. The van der Waals surface area contributed by atoms with Gasteiger partial charge in [0.15, 0.2) is 11.6 Å². The smallest absolute Gasteiger partial charge is 0.224 e. The normalized spacial score (nSPS) is 17.6. The fourth-order valence-electron chi connectivity index (χ4n) is 1.17. The Morgan fingerprint density at radius 2 is 2.21 bits per heavy atom. The number of halogens is 1. The molecule has 1 saturated carbocycles. The van der Waals surface area contributed by atoms with Crippen molar-refractivity contribution in [1.82, 2.24) is 9.97 Å². The fourth-order valence-corrected chi connectivity index (χ4v) is 1.17. The summed E-state index contributed by atoms with van der Waals surface area (Å²) in [6, 6.07) is 0. The van der Waals surface area contributed by atoms with E-state index >= 15 is 0 Å². The third-order valence-electron chi connectivity index (χ3n) is 2.39. The molecule has 0 bridgehead atoms. The van der Waals surface area contributed by atoms with Crippen LogP contribution >= 0.6 is 0 Å². The van der Waals surface area contributed by atoms with Gasteiger partial charge in [-0.25, -0.2) is 9.37 Å². The summed E-state index contributed by atoms with van der Waals surface area (Å²) in [4.78, 5) is 7.78. The van der Waals surface area contributed by atoms with Gasteiger partial charge in [-0.15, -0.1) is 0 Å². The van der Waals surface area contributed by atoms with Gasteiger partial charge in [0.25, 0.3) is 0 Å². The second kappa shape index (κ2) is 3.08. The quantitative estimate of drug-likeness (QED) is 0.771. The van der Waals surface area contributed by atoms with Gasteiger partial charge in [0.2, 0.25) is 5.95 Å². The van der Waals surface area contributed by atoms with Crippen molar-refractivity contribution in [3.05, 3.63) is 12.0 Å². The van der Waals surface area contributed by atoms with Crippen molar-refractivity contribution in [3.63, 3.8) is 0 Å². The maximum absolute atomic E-state index is 13.2. The van der Waals surface area contributed by atoms with Crippen molar-refractivity contribution in [3.8, 4) is 0 Å². The average Bonchev–Trinajstić information content (AvgIpc) is 2.88. The van der Waals surface area contributed by atoms with Crippen LogP contribution in [0.1, 0.15) is 19.8 Å². The first-order valence-electron chi connectivity index (χ1n) is 4.61. The van der Waals surface area contributed by atoms with Crippen molar-refractivity contribution in [2.24, 2.45) is 0 Å². The standard InChI is InChI=1S/C9H13FN4/c1-9(3-4-9)14-7-6(10)5-12-8(11-2)13-7/h5H,3-4H2,1-2H3,(H2,11,12,13,14). The Bertz CT molecular complexity index is 349. The number of aromatic nitrogens is 2. The van der Waals surface area contributed by atoms with Crippen molar-refractivity contribution in [1.29, 1.82) is 0 Å². The molecule has 1 aromatic heterocycles. The minimum atomic E-state index is -0.405. The summed E-state index contributed by atoms with van der Waals surface area (Å²) in [7, 11) is 1.70. The van der Waals surface area contributed by atoms with Gasteiger partial charge in [0.1, 0.15) is 0 Å². The molecule has 4 nitrogen and oxygen atoms in total. The van der Waals surface area contributed by atoms with Crippen LogP contribution < -0.4 is 10.6 Å². The van der Waals surface area contributed by atoms with Gasteiger partial charge in [0, 0.05) is 12.6 Å². The Kier molecular flexibility index (Phi) is 2.02. The molecule has 1 heterocycles. The zero-order valence-corrected chi connectivity index (χ0v) is 8.26. The first-order chi connectivity index (χ1) is 6.63. The van der Waals surface area contributed by atoms with Crippen molar-refractivity contribution in [2.75, 3.05) is 17.7 Å². The maximum atomic E-state index is 13.2. The van der Waals surface area contributed by atoms with E-state index in [0.29, 0.717) is 5.95 Å². The minimum absolute atomic E-state index is 0.0280. The van der Waals surface area contributed by atoms with Crippen molar-refractivity contribution < 1.29 is 4.39 Å². The lowest BCUT2D eigenvalue weighted by Crippen LogP contribution is -2.18. The van der Waals surface area contributed by atoms with Crippen LogP contribution in [0.2, 0.25) is 0 Å². The number of hydrogen-bond donors (Lipinski definition) is 2. The Hall–Kier alpha value is -1.39.